The third-order valence-corrected chi connectivity index (χ3v) is 22.3. The normalized spacial score (nSPS) is 21.4. The fraction of sp³-hybridized carbons (Fsp3) is 0.200. The molecule has 1 saturated heterocycles. The van der Waals surface area contributed by atoms with Gasteiger partial charge in [0.25, 0.3) is 0 Å². The lowest BCUT2D eigenvalue weighted by molar-refractivity contribution is -0.0956. The second kappa shape index (κ2) is 28.5. The van der Waals surface area contributed by atoms with Crippen LogP contribution in [0.25, 0.3) is 32.7 Å². The molecule has 0 bridgehead atoms. The van der Waals surface area contributed by atoms with Crippen molar-refractivity contribution in [3.8, 4) is 11.1 Å². The van der Waals surface area contributed by atoms with E-state index in [1.165, 1.54) is 65.8 Å². The zero-order valence-electron chi connectivity index (χ0n) is 51.0. The summed E-state index contributed by atoms with van der Waals surface area (Å²) < 4.78 is 30.5. The molecule has 2 aliphatic rings. The van der Waals surface area contributed by atoms with Crippen LogP contribution in [0.15, 0.2) is 315 Å². The molecule has 0 spiro atoms. The molecule has 1 saturated carbocycles. The molecular weight excluding hydrogens is 1120 g/mol. The van der Waals surface area contributed by atoms with Gasteiger partial charge in [0.15, 0.2) is 0 Å². The first kappa shape index (κ1) is 59.1. The van der Waals surface area contributed by atoms with E-state index < -0.39 is 7.92 Å². The van der Waals surface area contributed by atoms with Crippen LogP contribution in [0.1, 0.15) is 56.0 Å². The minimum Gasteiger partial charge on any atom is -0.371 e. The summed E-state index contributed by atoms with van der Waals surface area (Å²) >= 11 is 0. The summed E-state index contributed by atoms with van der Waals surface area (Å²) in [5, 5.41) is 6.34. The van der Waals surface area contributed by atoms with Crippen LogP contribution in [0, 0.1) is 11.8 Å². The van der Waals surface area contributed by atoms with Crippen molar-refractivity contribution in [2.75, 3.05) is 0 Å². The van der Waals surface area contributed by atoms with Crippen molar-refractivity contribution in [2.24, 2.45) is 11.8 Å². The summed E-state index contributed by atoms with van der Waals surface area (Å²) in [5.41, 5.74) is 13.9. The van der Waals surface area contributed by atoms with Gasteiger partial charge in [0.05, 0.1) is 50.8 Å². The Kier molecular flexibility index (Phi) is 18.7. The molecule has 1 aliphatic heterocycles. The molecule has 0 N–H and O–H groups in total. The van der Waals surface area contributed by atoms with Gasteiger partial charge in [0.2, 0.25) is 0 Å². The van der Waals surface area contributed by atoms with Crippen LogP contribution in [0.2, 0.25) is 0 Å². The van der Waals surface area contributed by atoms with Gasteiger partial charge in [-0.05, 0) is 131 Å². The first-order valence-electron chi connectivity index (χ1n) is 32.3. The largest absolute Gasteiger partial charge is 0.371 e. The SMILES string of the molecule is c1ccc(CO[C@H]2[C@H](OCc3ccccc3)[C@H](Cc3ccccc3)C(c3ccc4ccccc4c3-c3c(P4[C@@H](Cc5ccccc5)[C@@H](OCc5ccccc5)[C@H](OCc5ccccc5)[C@@H]4Cc4ccccc4)ccc4ccccc34)[C@H]2Cc2ccccc2)cc1. The van der Waals surface area contributed by atoms with E-state index >= 15 is 0 Å². The summed E-state index contributed by atoms with van der Waals surface area (Å²) in [6.07, 6.45) is 2.25. The van der Waals surface area contributed by atoms with Crippen LogP contribution >= 0.6 is 7.92 Å². The first-order chi connectivity index (χ1) is 44.7. The van der Waals surface area contributed by atoms with E-state index in [2.05, 4.69) is 315 Å². The smallest absolute Gasteiger partial charge is 0.0921 e. The molecule has 12 aromatic rings. The van der Waals surface area contributed by atoms with E-state index in [-0.39, 0.29) is 53.5 Å². The molecule has 4 nitrogen and oxygen atoms in total. The molecule has 5 heteroatoms. The Morgan fingerprint density at radius 3 is 0.900 bits per heavy atom. The minimum absolute atomic E-state index is 0.00400. The highest BCUT2D eigenvalue weighted by Crippen LogP contribution is 2.62. The van der Waals surface area contributed by atoms with Crippen LogP contribution < -0.4 is 5.30 Å². The third-order valence-electron chi connectivity index (χ3n) is 19.0. The van der Waals surface area contributed by atoms with E-state index in [4.69, 9.17) is 18.9 Å². The lowest BCUT2D eigenvalue weighted by Gasteiger charge is -2.34. The molecule has 0 radical (unpaired) electrons. The molecule has 0 unspecified atom stereocenters. The Bertz CT molecular complexity index is 3730. The summed E-state index contributed by atoms with van der Waals surface area (Å²) in [5.74, 6) is -0.0208. The average molecular weight is 1190 g/mol. The van der Waals surface area contributed by atoms with E-state index in [0.29, 0.717) is 26.4 Å². The Hall–Kier alpha value is -8.57. The van der Waals surface area contributed by atoms with Gasteiger partial charge in [0.1, 0.15) is 0 Å². The van der Waals surface area contributed by atoms with Crippen LogP contribution in [0.3, 0.4) is 0 Å². The second-order valence-electron chi connectivity index (χ2n) is 24.6. The fourth-order valence-corrected chi connectivity index (χ4v) is 18.8. The Labute approximate surface area is 532 Å². The van der Waals surface area contributed by atoms with E-state index in [9.17, 15) is 0 Å². The lowest BCUT2D eigenvalue weighted by atomic mass is 9.74. The molecule has 14 rings (SSSR count). The summed E-state index contributed by atoms with van der Waals surface area (Å²) in [4.78, 5) is 0. The minimum atomic E-state index is -1.13. The summed E-state index contributed by atoms with van der Waals surface area (Å²) in [7, 11) is -1.13. The van der Waals surface area contributed by atoms with Crippen LogP contribution in [0.4, 0.5) is 0 Å². The standard InChI is InChI=1S/C85H77O4P/c1-9-29-61(30-10-1)53-74-79(75(54-62-31-11-2-12-32-62)83(87-58-66-39-19-6-20-40-66)82(74)86-57-65-37-17-5-18-38-65)73-51-49-69-45-25-27-47-71(69)80(73)81-72-48-28-26-46-70(72)50-52-76(81)90-77(55-63-33-13-3-14-34-63)84(88-59-67-41-21-7-22-42-67)85(89-60-68-43-23-8-24-44-68)78(90)56-64-35-15-4-16-36-64/h1-52,74-75,77-79,82-85H,53-60H2/t74-,75-,77+,78+,82-,83-,84-,85-/m1/s1. The van der Waals surface area contributed by atoms with Gasteiger partial charge < -0.3 is 18.9 Å². The molecule has 1 aliphatic carbocycles. The van der Waals surface area contributed by atoms with Crippen molar-refractivity contribution < 1.29 is 18.9 Å². The van der Waals surface area contributed by atoms with E-state index in [1.807, 2.05) is 0 Å². The Morgan fingerprint density at radius 1 is 0.244 bits per heavy atom. The third kappa shape index (κ3) is 13.3. The average Bonchev–Trinajstić information content (AvgIpc) is 1.46. The molecule has 90 heavy (non-hydrogen) atoms. The maximum absolute atomic E-state index is 7.64. The molecule has 0 aromatic heterocycles. The highest BCUT2D eigenvalue weighted by molar-refractivity contribution is 7.68. The lowest BCUT2D eigenvalue weighted by Crippen LogP contribution is -2.38. The van der Waals surface area contributed by atoms with Crippen molar-refractivity contribution in [3.05, 3.63) is 366 Å². The second-order valence-corrected chi connectivity index (χ2v) is 27.3. The molecule has 446 valence electrons. The van der Waals surface area contributed by atoms with Crippen molar-refractivity contribution in [3.63, 3.8) is 0 Å². The van der Waals surface area contributed by atoms with Gasteiger partial charge in [-0.2, -0.15) is 0 Å². The quantitative estimate of drug-likeness (QED) is 0.0598. The van der Waals surface area contributed by atoms with Gasteiger partial charge in [0, 0.05) is 11.3 Å². The molecule has 8 atom stereocenters. The van der Waals surface area contributed by atoms with Gasteiger partial charge in [-0.3, -0.25) is 0 Å². The van der Waals surface area contributed by atoms with Gasteiger partial charge in [-0.25, -0.2) is 0 Å². The Morgan fingerprint density at radius 2 is 0.533 bits per heavy atom. The zero-order valence-corrected chi connectivity index (χ0v) is 51.8. The maximum Gasteiger partial charge on any atom is 0.0921 e. The number of fused-ring (bicyclic) bond motifs is 2. The summed E-state index contributed by atoms with van der Waals surface area (Å²) in [6, 6.07) is 116. The fourth-order valence-electron chi connectivity index (χ4n) is 14.9. The zero-order chi connectivity index (χ0) is 60.3. The number of benzene rings is 12. The van der Waals surface area contributed by atoms with E-state index in [0.717, 1.165) is 47.9 Å². The molecule has 12 aromatic carbocycles. The summed E-state index contributed by atoms with van der Waals surface area (Å²) in [6.45, 7) is 1.91. The first-order valence-corrected chi connectivity index (χ1v) is 33.7. The monoisotopic (exact) mass is 1190 g/mol. The van der Waals surface area contributed by atoms with Gasteiger partial charge >= 0.3 is 0 Å². The van der Waals surface area contributed by atoms with Gasteiger partial charge in [-0.1, -0.05) is 323 Å². The Balaban J connectivity index is 1.02. The predicted molar refractivity (Wildman–Crippen MR) is 371 cm³/mol. The van der Waals surface area contributed by atoms with Crippen LogP contribution in [-0.4, -0.2) is 35.7 Å². The van der Waals surface area contributed by atoms with Crippen molar-refractivity contribution in [1.82, 2.24) is 0 Å². The van der Waals surface area contributed by atoms with Crippen molar-refractivity contribution in [1.29, 1.82) is 0 Å². The number of hydrogen-bond donors (Lipinski definition) is 0. The number of hydrogen-bond acceptors (Lipinski definition) is 4. The maximum atomic E-state index is 7.64. The number of rotatable bonds is 23. The molecule has 0 amide bonds. The molecule has 2 fully saturated rings. The molecular formula is C85H77O4P. The topological polar surface area (TPSA) is 36.9 Å². The van der Waals surface area contributed by atoms with Crippen LogP contribution in [0.5, 0.6) is 0 Å². The van der Waals surface area contributed by atoms with Crippen molar-refractivity contribution in [2.45, 2.75) is 93.8 Å². The van der Waals surface area contributed by atoms with Crippen molar-refractivity contribution >= 4 is 34.8 Å². The van der Waals surface area contributed by atoms with E-state index in [1.54, 1.807) is 0 Å². The number of ether oxygens (including phenoxy) is 4. The van der Waals surface area contributed by atoms with Gasteiger partial charge in [-0.15, -0.1) is 0 Å². The highest BCUT2D eigenvalue weighted by atomic mass is 31.1. The highest BCUT2D eigenvalue weighted by Gasteiger charge is 2.55. The van der Waals surface area contributed by atoms with Crippen LogP contribution in [-0.2, 0) is 71.1 Å². The molecule has 1 heterocycles. The predicted octanol–water partition coefficient (Wildman–Crippen LogP) is 19.2.